The number of nitrogens with two attached hydrogens (primary N) is 1. The molecule has 0 saturated heterocycles. The van der Waals surface area contributed by atoms with Crippen LogP contribution in [0.4, 0.5) is 5.69 Å². The van der Waals surface area contributed by atoms with Crippen molar-refractivity contribution in [1.82, 2.24) is 4.72 Å². The van der Waals surface area contributed by atoms with E-state index in [0.717, 1.165) is 6.42 Å². The lowest BCUT2D eigenvalue weighted by molar-refractivity contribution is 0.552. The van der Waals surface area contributed by atoms with Crippen LogP contribution < -0.4 is 10.5 Å². The van der Waals surface area contributed by atoms with E-state index in [1.807, 2.05) is 13.8 Å². The third-order valence-corrected chi connectivity index (χ3v) is 4.05. The molecule has 17 heavy (non-hydrogen) atoms. The molecule has 0 radical (unpaired) electrons. The smallest absolute Gasteiger partial charge is 0.242 e. The molecule has 0 aliphatic rings. The van der Waals surface area contributed by atoms with Crippen LogP contribution >= 0.6 is 11.6 Å². The Morgan fingerprint density at radius 1 is 1.41 bits per heavy atom. The predicted molar refractivity (Wildman–Crippen MR) is 70.5 cm³/mol. The van der Waals surface area contributed by atoms with E-state index in [-0.39, 0.29) is 10.6 Å². The Morgan fingerprint density at radius 3 is 2.59 bits per heavy atom. The summed E-state index contributed by atoms with van der Waals surface area (Å²) in [5.74, 6) is 0.445. The van der Waals surface area contributed by atoms with Crippen molar-refractivity contribution in [1.29, 1.82) is 0 Å². The Bertz CT molecular complexity index is 486. The summed E-state index contributed by atoms with van der Waals surface area (Å²) in [5.41, 5.74) is 5.80. The number of rotatable bonds is 5. The summed E-state index contributed by atoms with van der Waals surface area (Å²) >= 11 is 5.72. The van der Waals surface area contributed by atoms with E-state index in [1.54, 1.807) is 0 Å². The first-order valence-electron chi connectivity index (χ1n) is 5.37. The second-order valence-electron chi connectivity index (χ2n) is 4.26. The standard InChI is InChI=1S/C11H17ClN2O2S/c1-8(2)5-6-14-17(15,16)11-4-3-9(12)7-10(11)13/h3-4,7-8,14H,5-6,13H2,1-2H3. The van der Waals surface area contributed by atoms with E-state index >= 15 is 0 Å². The normalized spacial score (nSPS) is 12.0. The van der Waals surface area contributed by atoms with Gasteiger partial charge >= 0.3 is 0 Å². The summed E-state index contributed by atoms with van der Waals surface area (Å²) in [6, 6.07) is 4.35. The van der Waals surface area contributed by atoms with Crippen LogP contribution in [0.15, 0.2) is 23.1 Å². The lowest BCUT2D eigenvalue weighted by atomic mass is 10.1. The highest BCUT2D eigenvalue weighted by Gasteiger charge is 2.16. The van der Waals surface area contributed by atoms with Crippen LogP contribution in [0.2, 0.25) is 5.02 Å². The minimum absolute atomic E-state index is 0.0747. The number of hydrogen-bond donors (Lipinski definition) is 2. The average molecular weight is 277 g/mol. The number of sulfonamides is 1. The van der Waals surface area contributed by atoms with Crippen molar-refractivity contribution in [2.45, 2.75) is 25.2 Å². The Morgan fingerprint density at radius 2 is 2.06 bits per heavy atom. The van der Waals surface area contributed by atoms with E-state index in [1.165, 1.54) is 18.2 Å². The van der Waals surface area contributed by atoms with Crippen molar-refractivity contribution in [3.63, 3.8) is 0 Å². The highest BCUT2D eigenvalue weighted by Crippen LogP contribution is 2.22. The molecule has 0 atom stereocenters. The molecule has 4 nitrogen and oxygen atoms in total. The molecule has 0 heterocycles. The van der Waals surface area contributed by atoms with Crippen molar-refractivity contribution in [3.05, 3.63) is 23.2 Å². The second-order valence-corrected chi connectivity index (χ2v) is 6.43. The number of nitrogens with one attached hydrogen (secondary N) is 1. The first-order valence-corrected chi connectivity index (χ1v) is 7.23. The zero-order valence-electron chi connectivity index (χ0n) is 9.90. The highest BCUT2D eigenvalue weighted by molar-refractivity contribution is 7.89. The fourth-order valence-corrected chi connectivity index (χ4v) is 2.66. The average Bonchev–Trinajstić information content (AvgIpc) is 2.15. The van der Waals surface area contributed by atoms with Crippen LogP contribution in [0.25, 0.3) is 0 Å². The minimum atomic E-state index is -3.54. The lowest BCUT2D eigenvalue weighted by Gasteiger charge is -2.10. The van der Waals surface area contributed by atoms with Gasteiger partial charge in [0.05, 0.1) is 5.69 Å². The number of hydrogen-bond acceptors (Lipinski definition) is 3. The maximum Gasteiger partial charge on any atom is 0.242 e. The Labute approximate surface area is 107 Å². The molecular weight excluding hydrogens is 260 g/mol. The van der Waals surface area contributed by atoms with Crippen LogP contribution in [0, 0.1) is 5.92 Å². The fraction of sp³-hybridized carbons (Fsp3) is 0.455. The van der Waals surface area contributed by atoms with Crippen molar-refractivity contribution in [2.24, 2.45) is 5.92 Å². The largest absolute Gasteiger partial charge is 0.398 e. The fourth-order valence-electron chi connectivity index (χ4n) is 1.32. The van der Waals surface area contributed by atoms with Gasteiger partial charge in [-0.15, -0.1) is 0 Å². The molecule has 1 aromatic rings. The van der Waals surface area contributed by atoms with E-state index in [0.29, 0.717) is 17.5 Å². The molecule has 3 N–H and O–H groups in total. The predicted octanol–water partition coefficient (Wildman–Crippen LogP) is 2.25. The monoisotopic (exact) mass is 276 g/mol. The number of nitrogen functional groups attached to an aromatic ring is 1. The molecule has 0 aliphatic heterocycles. The van der Waals surface area contributed by atoms with Gasteiger partial charge in [-0.1, -0.05) is 25.4 Å². The van der Waals surface area contributed by atoms with Gasteiger partial charge in [-0.25, -0.2) is 13.1 Å². The summed E-state index contributed by atoms with van der Waals surface area (Å²) in [7, 11) is -3.54. The van der Waals surface area contributed by atoms with Gasteiger partial charge in [0.15, 0.2) is 0 Å². The van der Waals surface area contributed by atoms with E-state index in [9.17, 15) is 8.42 Å². The van der Waals surface area contributed by atoms with Crippen LogP contribution in [0.5, 0.6) is 0 Å². The summed E-state index contributed by atoms with van der Waals surface area (Å²) in [5, 5.41) is 0.420. The van der Waals surface area contributed by atoms with Crippen molar-refractivity contribution >= 4 is 27.3 Å². The van der Waals surface area contributed by atoms with Crippen molar-refractivity contribution in [2.75, 3.05) is 12.3 Å². The third-order valence-electron chi connectivity index (χ3n) is 2.28. The zero-order chi connectivity index (χ0) is 13.1. The van der Waals surface area contributed by atoms with Gasteiger partial charge < -0.3 is 5.73 Å². The van der Waals surface area contributed by atoms with Gasteiger partial charge in [0.1, 0.15) is 4.90 Å². The molecule has 0 unspecified atom stereocenters. The third kappa shape index (κ3) is 4.18. The molecule has 0 bridgehead atoms. The molecular formula is C11H17ClN2O2S. The van der Waals surface area contributed by atoms with Crippen LogP contribution in [0.1, 0.15) is 20.3 Å². The summed E-state index contributed by atoms with van der Waals surface area (Å²) in [4.78, 5) is 0.0747. The highest BCUT2D eigenvalue weighted by atomic mass is 35.5. The molecule has 0 amide bonds. The number of halogens is 1. The van der Waals surface area contributed by atoms with Crippen LogP contribution in [0.3, 0.4) is 0 Å². The van der Waals surface area contributed by atoms with E-state index in [2.05, 4.69) is 4.72 Å². The molecule has 0 fully saturated rings. The first kappa shape index (κ1) is 14.3. The molecule has 1 aromatic carbocycles. The summed E-state index contributed by atoms with van der Waals surface area (Å²) in [6.07, 6.45) is 0.784. The number of benzene rings is 1. The molecule has 0 spiro atoms. The van der Waals surface area contributed by atoms with E-state index in [4.69, 9.17) is 17.3 Å². The molecule has 96 valence electrons. The minimum Gasteiger partial charge on any atom is -0.398 e. The molecule has 0 aromatic heterocycles. The SMILES string of the molecule is CC(C)CCNS(=O)(=O)c1ccc(Cl)cc1N. The summed E-state index contributed by atoms with van der Waals surface area (Å²) in [6.45, 7) is 4.47. The van der Waals surface area contributed by atoms with Crippen LogP contribution in [-0.2, 0) is 10.0 Å². The van der Waals surface area contributed by atoms with E-state index < -0.39 is 10.0 Å². The van der Waals surface area contributed by atoms with Crippen LogP contribution in [-0.4, -0.2) is 15.0 Å². The lowest BCUT2D eigenvalue weighted by Crippen LogP contribution is -2.26. The quantitative estimate of drug-likeness (QED) is 0.810. The maximum atomic E-state index is 11.9. The molecule has 0 aliphatic carbocycles. The Hall–Kier alpha value is -0.780. The topological polar surface area (TPSA) is 72.2 Å². The number of anilines is 1. The van der Waals surface area contributed by atoms with Gasteiger partial charge in [0.25, 0.3) is 0 Å². The first-order chi connectivity index (χ1) is 7.83. The van der Waals surface area contributed by atoms with Gasteiger partial charge in [0, 0.05) is 11.6 Å². The molecule has 0 saturated carbocycles. The molecule has 6 heteroatoms. The Kier molecular flexibility index (Phi) is 4.80. The summed E-state index contributed by atoms with van der Waals surface area (Å²) < 4.78 is 26.3. The maximum absolute atomic E-state index is 11.9. The molecule has 1 rings (SSSR count). The van der Waals surface area contributed by atoms with Crippen molar-refractivity contribution in [3.8, 4) is 0 Å². The van der Waals surface area contributed by atoms with Crippen molar-refractivity contribution < 1.29 is 8.42 Å². The zero-order valence-corrected chi connectivity index (χ0v) is 11.5. The Balaban J connectivity index is 2.83. The van der Waals surface area contributed by atoms with Gasteiger partial charge in [-0.05, 0) is 30.5 Å². The van der Waals surface area contributed by atoms with Gasteiger partial charge in [-0.2, -0.15) is 0 Å². The van der Waals surface area contributed by atoms with Gasteiger partial charge in [-0.3, -0.25) is 0 Å². The second kappa shape index (κ2) is 5.71. The van der Waals surface area contributed by atoms with Gasteiger partial charge in [0.2, 0.25) is 10.0 Å².